The number of aryl methyl sites for hydroxylation is 7. The molecular formula is C53H56N2O2. The van der Waals surface area contributed by atoms with E-state index in [1.54, 1.807) is 6.92 Å². The largest absolute Gasteiger partial charge is 0.423 e. The third kappa shape index (κ3) is 8.05. The molecule has 1 aliphatic carbocycles. The summed E-state index contributed by atoms with van der Waals surface area (Å²) in [6.45, 7) is 20.4. The number of hydrogen-bond acceptors (Lipinski definition) is 4. The molecule has 0 heterocycles. The Balaban J connectivity index is 1.26. The second-order valence-corrected chi connectivity index (χ2v) is 16.3. The Hall–Kier alpha value is -5.87. The number of benzene rings is 6. The van der Waals surface area contributed by atoms with Crippen LogP contribution in [0.1, 0.15) is 89.1 Å². The minimum absolute atomic E-state index is 0.0717. The second-order valence-electron chi connectivity index (χ2n) is 16.3. The highest BCUT2D eigenvalue weighted by Crippen LogP contribution is 2.47. The summed E-state index contributed by atoms with van der Waals surface area (Å²) in [4.78, 5) is 17.0. The first-order chi connectivity index (χ1) is 27.3. The molecule has 0 unspecified atom stereocenters. The van der Waals surface area contributed by atoms with Crippen LogP contribution in [0.4, 0.5) is 34.1 Å². The quantitative estimate of drug-likeness (QED) is 0.0792. The third-order valence-electron chi connectivity index (χ3n) is 12.3. The van der Waals surface area contributed by atoms with E-state index in [9.17, 15) is 4.79 Å². The fourth-order valence-corrected chi connectivity index (χ4v) is 8.32. The Morgan fingerprint density at radius 1 is 0.474 bits per heavy atom. The molecule has 0 aromatic heterocycles. The van der Waals surface area contributed by atoms with Crippen LogP contribution in [0.5, 0.6) is 5.75 Å². The number of ether oxygens (including phenoxy) is 1. The van der Waals surface area contributed by atoms with Crippen molar-refractivity contribution in [3.63, 3.8) is 0 Å². The van der Waals surface area contributed by atoms with Crippen molar-refractivity contribution in [1.82, 2.24) is 0 Å². The topological polar surface area (TPSA) is 32.8 Å². The van der Waals surface area contributed by atoms with Gasteiger partial charge in [-0.3, -0.25) is 0 Å². The van der Waals surface area contributed by atoms with Gasteiger partial charge in [-0.15, -0.1) is 0 Å². The van der Waals surface area contributed by atoms with Crippen LogP contribution < -0.4 is 14.5 Å². The highest BCUT2D eigenvalue weighted by Gasteiger charge is 2.36. The van der Waals surface area contributed by atoms with Gasteiger partial charge in [0.15, 0.2) is 0 Å². The van der Waals surface area contributed by atoms with E-state index >= 15 is 0 Å². The lowest BCUT2D eigenvalue weighted by molar-refractivity contribution is -0.130. The lowest BCUT2D eigenvalue weighted by atomic mass is 9.65. The predicted octanol–water partition coefficient (Wildman–Crippen LogP) is 14.5. The van der Waals surface area contributed by atoms with Crippen LogP contribution in [0.15, 0.2) is 133 Å². The maximum absolute atomic E-state index is 12.4. The van der Waals surface area contributed by atoms with Gasteiger partial charge in [0.05, 0.1) is 0 Å². The smallest absolute Gasteiger partial charge is 0.338 e. The van der Waals surface area contributed by atoms with Gasteiger partial charge in [-0.05, 0) is 197 Å². The molecule has 290 valence electrons. The molecule has 7 rings (SSSR count). The number of nitrogens with zero attached hydrogens (tertiary/aromatic N) is 2. The average molecular weight is 753 g/mol. The molecule has 0 aliphatic heterocycles. The molecule has 4 nitrogen and oxygen atoms in total. The van der Waals surface area contributed by atoms with Gasteiger partial charge < -0.3 is 14.5 Å². The van der Waals surface area contributed by atoms with E-state index in [2.05, 4.69) is 167 Å². The summed E-state index contributed by atoms with van der Waals surface area (Å²) < 4.78 is 5.65. The normalized spacial score (nSPS) is 13.5. The van der Waals surface area contributed by atoms with Crippen LogP contribution >= 0.6 is 0 Å². The van der Waals surface area contributed by atoms with E-state index in [4.69, 9.17) is 4.74 Å². The van der Waals surface area contributed by atoms with Crippen LogP contribution in [0, 0.1) is 48.5 Å². The minimum atomic E-state index is -0.418. The molecule has 0 spiro atoms. The summed E-state index contributed by atoms with van der Waals surface area (Å²) in [6.07, 6.45) is 5.92. The van der Waals surface area contributed by atoms with Gasteiger partial charge in [-0.25, -0.2) is 4.79 Å². The number of carbonyl (C=O) groups excluding carboxylic acids is 1. The van der Waals surface area contributed by atoms with Crippen molar-refractivity contribution < 1.29 is 9.53 Å². The number of rotatable bonds is 10. The van der Waals surface area contributed by atoms with Crippen LogP contribution in [-0.2, 0) is 10.2 Å². The van der Waals surface area contributed by atoms with E-state index < -0.39 is 5.97 Å². The van der Waals surface area contributed by atoms with E-state index in [-0.39, 0.29) is 5.41 Å². The summed E-state index contributed by atoms with van der Waals surface area (Å²) in [5.41, 5.74) is 18.2. The van der Waals surface area contributed by atoms with Gasteiger partial charge in [0, 0.05) is 45.1 Å². The Bertz CT molecular complexity index is 2380. The zero-order valence-electron chi connectivity index (χ0n) is 35.0. The van der Waals surface area contributed by atoms with Gasteiger partial charge in [0.1, 0.15) is 5.75 Å². The van der Waals surface area contributed by atoms with E-state index in [0.717, 1.165) is 41.2 Å². The fraction of sp³-hybridized carbons (Fsp3) is 0.264. The van der Waals surface area contributed by atoms with Gasteiger partial charge in [-0.2, -0.15) is 0 Å². The van der Waals surface area contributed by atoms with Crippen molar-refractivity contribution in [1.29, 1.82) is 0 Å². The molecule has 4 heteroatoms. The van der Waals surface area contributed by atoms with E-state index in [1.807, 2.05) is 19.1 Å². The summed E-state index contributed by atoms with van der Waals surface area (Å²) in [6, 6.07) is 44.9. The van der Waals surface area contributed by atoms with Crippen LogP contribution in [-0.4, -0.2) is 5.97 Å². The predicted molar refractivity (Wildman–Crippen MR) is 240 cm³/mol. The Morgan fingerprint density at radius 3 is 1.18 bits per heavy atom. The van der Waals surface area contributed by atoms with Crippen molar-refractivity contribution >= 4 is 40.1 Å². The number of carbonyl (C=O) groups is 1. The molecule has 0 atom stereocenters. The molecule has 1 saturated carbocycles. The summed E-state index contributed by atoms with van der Waals surface area (Å²) in [5, 5.41) is 0. The molecule has 0 radical (unpaired) electrons. The van der Waals surface area contributed by atoms with Crippen molar-refractivity contribution in [2.75, 3.05) is 9.80 Å². The van der Waals surface area contributed by atoms with E-state index in [0.29, 0.717) is 11.3 Å². The van der Waals surface area contributed by atoms with Crippen molar-refractivity contribution in [3.05, 3.63) is 184 Å². The molecule has 0 N–H and O–H groups in total. The summed E-state index contributed by atoms with van der Waals surface area (Å²) in [5.74, 6) is 0.122. The second kappa shape index (κ2) is 16.3. The minimum Gasteiger partial charge on any atom is -0.423 e. The first-order valence-electron chi connectivity index (χ1n) is 20.4. The zero-order valence-corrected chi connectivity index (χ0v) is 35.0. The first kappa shape index (κ1) is 39.4. The maximum atomic E-state index is 12.4. The van der Waals surface area contributed by atoms with E-state index in [1.165, 1.54) is 75.1 Å². The summed E-state index contributed by atoms with van der Waals surface area (Å²) >= 11 is 0. The third-order valence-corrected chi connectivity index (χ3v) is 12.3. The molecule has 0 bridgehead atoms. The number of esters is 1. The standard InChI is InChI=1S/C53H56N2O2/c1-35(2)52(56)57-51-28-27-50(34-42(51)9)55(49-22-15-38(5)41(8)33-49)46-25-18-44(19-26-46)53(29-11-10-12-30-53)43-16-23-45(24-17-43)54(47-20-13-36(3)39(6)31-47)48-21-14-37(4)40(7)32-48/h13-28,31-34H,1,10-12,29-30H2,2-9H3. The van der Waals surface area contributed by atoms with Crippen molar-refractivity contribution in [2.24, 2.45) is 0 Å². The first-order valence-corrected chi connectivity index (χ1v) is 20.4. The number of anilines is 6. The van der Waals surface area contributed by atoms with Gasteiger partial charge >= 0.3 is 5.97 Å². The highest BCUT2D eigenvalue weighted by atomic mass is 16.5. The average Bonchev–Trinajstić information content (AvgIpc) is 3.21. The Morgan fingerprint density at radius 2 is 0.825 bits per heavy atom. The van der Waals surface area contributed by atoms with Crippen LogP contribution in [0.2, 0.25) is 0 Å². The molecule has 1 fully saturated rings. The maximum Gasteiger partial charge on any atom is 0.338 e. The van der Waals surface area contributed by atoms with Gasteiger partial charge in [0.2, 0.25) is 0 Å². The molecular weight excluding hydrogens is 697 g/mol. The SMILES string of the molecule is C=C(C)C(=O)Oc1ccc(N(c2ccc(C3(c4ccc(N(c5ccc(C)c(C)c5)c5ccc(C)c(C)c5)cc4)CCCCC3)cc2)c2ccc(C)c(C)c2)cc1C. The molecule has 6 aromatic carbocycles. The monoisotopic (exact) mass is 752 g/mol. The molecule has 6 aromatic rings. The molecule has 0 saturated heterocycles. The Labute approximate surface area is 340 Å². The zero-order chi connectivity index (χ0) is 40.4. The highest BCUT2D eigenvalue weighted by molar-refractivity contribution is 5.89. The fourth-order valence-electron chi connectivity index (χ4n) is 8.32. The van der Waals surface area contributed by atoms with Gasteiger partial charge in [-0.1, -0.05) is 68.3 Å². The van der Waals surface area contributed by atoms with Crippen LogP contribution in [0.3, 0.4) is 0 Å². The molecule has 0 amide bonds. The van der Waals surface area contributed by atoms with Crippen molar-refractivity contribution in [2.45, 2.75) is 92.9 Å². The Kier molecular flexibility index (Phi) is 11.3. The lowest BCUT2D eigenvalue weighted by Gasteiger charge is -2.39. The molecule has 1 aliphatic rings. The van der Waals surface area contributed by atoms with Gasteiger partial charge in [0.25, 0.3) is 0 Å². The number of hydrogen-bond donors (Lipinski definition) is 0. The van der Waals surface area contributed by atoms with Crippen LogP contribution in [0.25, 0.3) is 0 Å². The summed E-state index contributed by atoms with van der Waals surface area (Å²) in [7, 11) is 0. The lowest BCUT2D eigenvalue weighted by Crippen LogP contribution is -2.30. The molecule has 57 heavy (non-hydrogen) atoms. The van der Waals surface area contributed by atoms with Crippen molar-refractivity contribution in [3.8, 4) is 5.75 Å².